The van der Waals surface area contributed by atoms with Crippen LogP contribution in [0.25, 0.3) is 11.6 Å². The predicted molar refractivity (Wildman–Crippen MR) is 77.2 cm³/mol. The van der Waals surface area contributed by atoms with Crippen molar-refractivity contribution in [1.29, 1.82) is 0 Å². The summed E-state index contributed by atoms with van der Waals surface area (Å²) in [5.41, 5.74) is 6.47. The third kappa shape index (κ3) is 3.23. The van der Waals surface area contributed by atoms with E-state index < -0.39 is 0 Å². The lowest BCUT2D eigenvalue weighted by molar-refractivity contribution is 0.0217. The third-order valence-electron chi connectivity index (χ3n) is 2.78. The molecule has 0 aromatic carbocycles. The molecule has 0 saturated carbocycles. The summed E-state index contributed by atoms with van der Waals surface area (Å²) in [6.45, 7) is 8.58. The third-order valence-corrected chi connectivity index (χ3v) is 3.82. The van der Waals surface area contributed by atoms with Crippen LogP contribution in [0.1, 0.15) is 50.7 Å². The SMILES string of the molecule is CCOC(c1noc(-c2csc(C(C)N)n2)n1)C(C)C. The van der Waals surface area contributed by atoms with E-state index in [4.69, 9.17) is 15.0 Å². The summed E-state index contributed by atoms with van der Waals surface area (Å²) in [5, 5.41) is 6.74. The molecule has 20 heavy (non-hydrogen) atoms. The Labute approximate surface area is 122 Å². The Hall–Kier alpha value is -1.31. The van der Waals surface area contributed by atoms with Gasteiger partial charge in [-0.05, 0) is 19.8 Å². The van der Waals surface area contributed by atoms with E-state index in [1.807, 2.05) is 19.2 Å². The molecule has 110 valence electrons. The van der Waals surface area contributed by atoms with Crippen LogP contribution < -0.4 is 5.73 Å². The summed E-state index contributed by atoms with van der Waals surface area (Å²) in [7, 11) is 0. The van der Waals surface area contributed by atoms with Gasteiger partial charge in [0.15, 0.2) is 0 Å². The number of rotatable bonds is 6. The second kappa shape index (κ2) is 6.43. The number of hydrogen-bond acceptors (Lipinski definition) is 7. The van der Waals surface area contributed by atoms with Crippen molar-refractivity contribution < 1.29 is 9.26 Å². The van der Waals surface area contributed by atoms with Gasteiger partial charge < -0.3 is 15.0 Å². The minimum atomic E-state index is -0.163. The maximum absolute atomic E-state index is 5.80. The Kier molecular flexibility index (Phi) is 4.85. The second-order valence-corrected chi connectivity index (χ2v) is 5.83. The molecule has 0 bridgehead atoms. The molecule has 6 nitrogen and oxygen atoms in total. The molecule has 2 aromatic heterocycles. The Balaban J connectivity index is 2.22. The van der Waals surface area contributed by atoms with Gasteiger partial charge in [0.2, 0.25) is 5.82 Å². The highest BCUT2D eigenvalue weighted by molar-refractivity contribution is 7.10. The Morgan fingerprint density at radius 1 is 1.35 bits per heavy atom. The van der Waals surface area contributed by atoms with Gasteiger partial charge in [-0.2, -0.15) is 4.98 Å². The van der Waals surface area contributed by atoms with E-state index in [0.717, 1.165) is 5.01 Å². The van der Waals surface area contributed by atoms with Crippen molar-refractivity contribution in [2.24, 2.45) is 11.7 Å². The van der Waals surface area contributed by atoms with E-state index in [9.17, 15) is 0 Å². The maximum Gasteiger partial charge on any atom is 0.277 e. The molecule has 2 rings (SSSR count). The van der Waals surface area contributed by atoms with Crippen molar-refractivity contribution in [2.75, 3.05) is 6.61 Å². The van der Waals surface area contributed by atoms with Gasteiger partial charge in [-0.3, -0.25) is 0 Å². The Morgan fingerprint density at radius 2 is 2.10 bits per heavy atom. The summed E-state index contributed by atoms with van der Waals surface area (Å²) in [6, 6.07) is -0.0945. The zero-order valence-electron chi connectivity index (χ0n) is 12.2. The van der Waals surface area contributed by atoms with Crippen molar-refractivity contribution in [1.82, 2.24) is 15.1 Å². The highest BCUT2D eigenvalue weighted by Gasteiger charge is 2.23. The number of nitrogens with zero attached hydrogens (tertiary/aromatic N) is 3. The molecule has 2 unspecified atom stereocenters. The summed E-state index contributed by atoms with van der Waals surface area (Å²) >= 11 is 1.49. The molecule has 0 spiro atoms. The Bertz CT molecular complexity index is 550. The number of ether oxygens (including phenoxy) is 1. The molecule has 2 aromatic rings. The molecule has 2 N–H and O–H groups in total. The molecule has 2 heterocycles. The number of aromatic nitrogens is 3. The average molecular weight is 296 g/mol. The molecule has 0 amide bonds. The van der Waals surface area contributed by atoms with Crippen LogP contribution in [0.15, 0.2) is 9.90 Å². The van der Waals surface area contributed by atoms with Crippen LogP contribution >= 0.6 is 11.3 Å². The van der Waals surface area contributed by atoms with Crippen LogP contribution in [0.3, 0.4) is 0 Å². The normalized spacial score (nSPS) is 14.7. The van der Waals surface area contributed by atoms with Crippen molar-refractivity contribution in [3.8, 4) is 11.6 Å². The first-order valence-corrected chi connectivity index (χ1v) is 7.57. The van der Waals surface area contributed by atoms with Crippen LogP contribution in [-0.4, -0.2) is 21.7 Å². The van der Waals surface area contributed by atoms with E-state index in [2.05, 4.69) is 29.0 Å². The van der Waals surface area contributed by atoms with E-state index in [0.29, 0.717) is 24.0 Å². The molecule has 0 aliphatic rings. The smallest absolute Gasteiger partial charge is 0.277 e. The number of nitrogens with two attached hydrogens (primary N) is 1. The minimum Gasteiger partial charge on any atom is -0.370 e. The van der Waals surface area contributed by atoms with Crippen LogP contribution in [-0.2, 0) is 4.74 Å². The molecule has 0 fully saturated rings. The lowest BCUT2D eigenvalue weighted by Crippen LogP contribution is -2.12. The predicted octanol–water partition coefficient (Wildman–Crippen LogP) is 2.95. The first kappa shape index (κ1) is 15.1. The fourth-order valence-corrected chi connectivity index (χ4v) is 2.55. The van der Waals surface area contributed by atoms with Crippen LogP contribution in [0.5, 0.6) is 0 Å². The molecule has 0 aliphatic carbocycles. The fraction of sp³-hybridized carbons (Fsp3) is 0.615. The first-order chi connectivity index (χ1) is 9.52. The second-order valence-electron chi connectivity index (χ2n) is 4.94. The zero-order valence-corrected chi connectivity index (χ0v) is 13.0. The van der Waals surface area contributed by atoms with E-state index in [1.54, 1.807) is 0 Å². The van der Waals surface area contributed by atoms with Gasteiger partial charge in [0.25, 0.3) is 5.89 Å². The summed E-state index contributed by atoms with van der Waals surface area (Å²) in [5.74, 6) is 1.25. The summed E-state index contributed by atoms with van der Waals surface area (Å²) in [6.07, 6.45) is -0.163. The van der Waals surface area contributed by atoms with Gasteiger partial charge in [-0.1, -0.05) is 19.0 Å². The van der Waals surface area contributed by atoms with Gasteiger partial charge in [0.1, 0.15) is 16.8 Å². The van der Waals surface area contributed by atoms with Crippen molar-refractivity contribution >= 4 is 11.3 Å². The molecule has 7 heteroatoms. The van der Waals surface area contributed by atoms with Gasteiger partial charge in [0, 0.05) is 12.0 Å². The molecular formula is C13H20N4O2S. The average Bonchev–Trinajstić information content (AvgIpc) is 3.03. The monoisotopic (exact) mass is 296 g/mol. The summed E-state index contributed by atoms with van der Waals surface area (Å²) in [4.78, 5) is 8.79. The Morgan fingerprint density at radius 3 is 2.65 bits per heavy atom. The van der Waals surface area contributed by atoms with Crippen molar-refractivity contribution in [3.05, 3.63) is 16.2 Å². The van der Waals surface area contributed by atoms with E-state index >= 15 is 0 Å². The van der Waals surface area contributed by atoms with Gasteiger partial charge in [-0.15, -0.1) is 11.3 Å². The van der Waals surface area contributed by atoms with Crippen LogP contribution in [0.4, 0.5) is 0 Å². The van der Waals surface area contributed by atoms with Crippen LogP contribution in [0, 0.1) is 5.92 Å². The lowest BCUT2D eigenvalue weighted by atomic mass is 10.1. The topological polar surface area (TPSA) is 87.1 Å². The van der Waals surface area contributed by atoms with E-state index in [-0.39, 0.29) is 18.1 Å². The number of thiazole rings is 1. The van der Waals surface area contributed by atoms with Crippen molar-refractivity contribution in [2.45, 2.75) is 39.8 Å². The first-order valence-electron chi connectivity index (χ1n) is 6.69. The fourth-order valence-electron chi connectivity index (χ4n) is 1.79. The number of hydrogen-bond donors (Lipinski definition) is 1. The molecule has 0 aliphatic heterocycles. The van der Waals surface area contributed by atoms with Gasteiger partial charge in [0.05, 0.1) is 6.04 Å². The van der Waals surface area contributed by atoms with Gasteiger partial charge >= 0.3 is 0 Å². The van der Waals surface area contributed by atoms with Gasteiger partial charge in [-0.25, -0.2) is 4.98 Å². The highest BCUT2D eigenvalue weighted by atomic mass is 32.1. The highest BCUT2D eigenvalue weighted by Crippen LogP contribution is 2.27. The molecule has 0 radical (unpaired) electrons. The standard InChI is InChI=1S/C13H20N4O2S/c1-5-18-10(7(2)3)11-16-12(19-17-11)9-6-20-13(15-9)8(4)14/h6-8,10H,5,14H2,1-4H3. The minimum absolute atomic E-state index is 0.0945. The molecule has 2 atom stereocenters. The quantitative estimate of drug-likeness (QED) is 0.881. The largest absolute Gasteiger partial charge is 0.370 e. The summed E-state index contributed by atoms with van der Waals surface area (Å²) < 4.78 is 10.9. The van der Waals surface area contributed by atoms with E-state index in [1.165, 1.54) is 11.3 Å². The lowest BCUT2D eigenvalue weighted by Gasteiger charge is -2.16. The molecule has 0 saturated heterocycles. The van der Waals surface area contributed by atoms with Crippen LogP contribution in [0.2, 0.25) is 0 Å². The molecular weight excluding hydrogens is 276 g/mol. The van der Waals surface area contributed by atoms with Crippen molar-refractivity contribution in [3.63, 3.8) is 0 Å². The zero-order chi connectivity index (χ0) is 14.7. The maximum atomic E-state index is 5.80.